The molecule has 3 rings (SSSR count). The van der Waals surface area contributed by atoms with Crippen LogP contribution in [0.4, 0.5) is 0 Å². The van der Waals surface area contributed by atoms with Gasteiger partial charge in [0.05, 0.1) is 23.0 Å². The number of sulfonamides is 1. The van der Waals surface area contributed by atoms with Crippen LogP contribution >= 0.6 is 0 Å². The van der Waals surface area contributed by atoms with E-state index in [-0.39, 0.29) is 27.7 Å². The molecule has 0 radical (unpaired) electrons. The number of aryl methyl sites for hydroxylation is 1. The van der Waals surface area contributed by atoms with Crippen LogP contribution in [0.3, 0.4) is 0 Å². The summed E-state index contributed by atoms with van der Waals surface area (Å²) in [5.41, 5.74) is 0.525. The number of hydrogen-bond donors (Lipinski definition) is 1. The molecule has 1 heterocycles. The predicted octanol–water partition coefficient (Wildman–Crippen LogP) is 0.322. The first-order chi connectivity index (χ1) is 9.70. The fourth-order valence-corrected chi connectivity index (χ4v) is 5.09. The fraction of sp³-hybridized carbons (Fsp3) is 0.538. The van der Waals surface area contributed by atoms with Gasteiger partial charge in [-0.1, -0.05) is 6.07 Å². The van der Waals surface area contributed by atoms with E-state index in [4.69, 9.17) is 4.74 Å². The van der Waals surface area contributed by atoms with E-state index in [2.05, 4.69) is 4.72 Å². The Labute approximate surface area is 124 Å². The van der Waals surface area contributed by atoms with E-state index in [1.807, 2.05) is 0 Å². The van der Waals surface area contributed by atoms with Crippen molar-refractivity contribution in [2.75, 3.05) is 19.5 Å². The second-order valence-corrected chi connectivity index (χ2v) is 9.41. The zero-order valence-electron chi connectivity index (χ0n) is 11.7. The van der Waals surface area contributed by atoms with Gasteiger partial charge in [-0.05, 0) is 24.6 Å². The van der Waals surface area contributed by atoms with E-state index in [0.717, 1.165) is 6.26 Å². The van der Waals surface area contributed by atoms with E-state index >= 15 is 0 Å². The van der Waals surface area contributed by atoms with E-state index in [1.165, 1.54) is 18.2 Å². The summed E-state index contributed by atoms with van der Waals surface area (Å²) in [6.07, 6.45) is 1.06. The predicted molar refractivity (Wildman–Crippen MR) is 76.2 cm³/mol. The van der Waals surface area contributed by atoms with Crippen molar-refractivity contribution in [3.63, 3.8) is 0 Å². The van der Waals surface area contributed by atoms with Crippen molar-refractivity contribution < 1.29 is 21.6 Å². The van der Waals surface area contributed by atoms with Gasteiger partial charge in [0.25, 0.3) is 0 Å². The van der Waals surface area contributed by atoms with Crippen molar-refractivity contribution in [1.82, 2.24) is 4.72 Å². The molecule has 1 saturated carbocycles. The summed E-state index contributed by atoms with van der Waals surface area (Å²) in [4.78, 5) is 0.0316. The lowest BCUT2D eigenvalue weighted by molar-refractivity contribution is 0.159. The van der Waals surface area contributed by atoms with E-state index in [0.29, 0.717) is 18.8 Å². The van der Waals surface area contributed by atoms with Gasteiger partial charge in [-0.25, -0.2) is 21.6 Å². The lowest BCUT2D eigenvalue weighted by atomic mass is 10.2. The summed E-state index contributed by atoms with van der Waals surface area (Å²) in [5.74, 6) is 0.497. The summed E-state index contributed by atoms with van der Waals surface area (Å²) in [7, 11) is -7.16. The molecular weight excluding hydrogens is 314 g/mol. The molecule has 0 amide bonds. The molecule has 1 N–H and O–H groups in total. The van der Waals surface area contributed by atoms with Crippen LogP contribution < -0.4 is 4.72 Å². The molecule has 0 spiro atoms. The van der Waals surface area contributed by atoms with Gasteiger partial charge in [0.1, 0.15) is 0 Å². The summed E-state index contributed by atoms with van der Waals surface area (Å²) in [6, 6.07) is 4.07. The molecular formula is C13H17NO5S2. The number of sulfone groups is 1. The SMILES string of the molecule is Cc1ccc(S(C)(=O)=O)cc1S(=O)(=O)NC1[C@H]2COC[C@@H]12. The Bertz CT molecular complexity index is 775. The van der Waals surface area contributed by atoms with Crippen molar-refractivity contribution in [2.24, 2.45) is 11.8 Å². The number of rotatable bonds is 4. The molecule has 0 aromatic heterocycles. The Balaban J connectivity index is 1.91. The van der Waals surface area contributed by atoms with E-state index < -0.39 is 19.9 Å². The normalized spacial score (nSPS) is 28.4. The monoisotopic (exact) mass is 331 g/mol. The van der Waals surface area contributed by atoms with Crippen LogP contribution in [0, 0.1) is 18.8 Å². The van der Waals surface area contributed by atoms with Crippen LogP contribution in [0.5, 0.6) is 0 Å². The zero-order chi connectivity index (χ0) is 15.4. The number of benzene rings is 1. The van der Waals surface area contributed by atoms with Crippen molar-refractivity contribution in [2.45, 2.75) is 22.8 Å². The summed E-state index contributed by atoms with van der Waals surface area (Å²) in [6.45, 7) is 2.82. The van der Waals surface area contributed by atoms with E-state index in [1.54, 1.807) is 6.92 Å². The summed E-state index contributed by atoms with van der Waals surface area (Å²) >= 11 is 0. The Morgan fingerprint density at radius 1 is 1.14 bits per heavy atom. The third-order valence-electron chi connectivity index (χ3n) is 4.12. The minimum Gasteiger partial charge on any atom is -0.381 e. The highest BCUT2D eigenvalue weighted by atomic mass is 32.2. The third kappa shape index (κ3) is 2.73. The number of nitrogens with one attached hydrogen (secondary N) is 1. The van der Waals surface area contributed by atoms with Crippen molar-refractivity contribution in [3.05, 3.63) is 23.8 Å². The van der Waals surface area contributed by atoms with Crippen molar-refractivity contribution >= 4 is 19.9 Å². The largest absolute Gasteiger partial charge is 0.381 e. The standard InChI is InChI=1S/C13H17NO5S2/c1-8-3-4-9(20(2,15)16)5-12(8)21(17,18)14-13-10-6-19-7-11(10)13/h3-5,10-11,13-14H,6-7H2,1-2H3/t10-,11+,13?. The van der Waals surface area contributed by atoms with Crippen molar-refractivity contribution in [1.29, 1.82) is 0 Å². The molecule has 1 aliphatic heterocycles. The fourth-order valence-electron chi connectivity index (χ4n) is 2.76. The molecule has 8 heteroatoms. The third-order valence-corrected chi connectivity index (χ3v) is 6.83. The highest BCUT2D eigenvalue weighted by molar-refractivity contribution is 7.91. The van der Waals surface area contributed by atoms with Gasteiger partial charge >= 0.3 is 0 Å². The number of fused-ring (bicyclic) bond motifs is 1. The van der Waals surface area contributed by atoms with Crippen LogP contribution in [-0.4, -0.2) is 42.3 Å². The summed E-state index contributed by atoms with van der Waals surface area (Å²) in [5, 5.41) is 0. The van der Waals surface area contributed by atoms with Crippen LogP contribution in [0.2, 0.25) is 0 Å². The van der Waals surface area contributed by atoms with Gasteiger partial charge in [-0.3, -0.25) is 0 Å². The van der Waals surface area contributed by atoms with Gasteiger partial charge in [0.15, 0.2) is 9.84 Å². The maximum atomic E-state index is 12.5. The molecule has 21 heavy (non-hydrogen) atoms. The second kappa shape index (κ2) is 4.77. The highest BCUT2D eigenvalue weighted by Gasteiger charge is 2.55. The molecule has 2 aliphatic rings. The van der Waals surface area contributed by atoms with Gasteiger partial charge in [-0.15, -0.1) is 0 Å². The van der Waals surface area contributed by atoms with Gasteiger partial charge < -0.3 is 4.74 Å². The molecule has 1 aliphatic carbocycles. The molecule has 1 aromatic rings. The lowest BCUT2D eigenvalue weighted by Gasteiger charge is -2.12. The Kier molecular flexibility index (Phi) is 3.40. The van der Waals surface area contributed by atoms with Crippen LogP contribution in [0.15, 0.2) is 28.0 Å². The minimum absolute atomic E-state index is 0.00722. The molecule has 0 bridgehead atoms. The highest BCUT2D eigenvalue weighted by Crippen LogP contribution is 2.44. The topological polar surface area (TPSA) is 89.5 Å². The smallest absolute Gasteiger partial charge is 0.241 e. The maximum Gasteiger partial charge on any atom is 0.241 e. The minimum atomic E-state index is -3.72. The summed E-state index contributed by atoms with van der Waals surface area (Å²) < 4.78 is 56.0. The molecule has 6 nitrogen and oxygen atoms in total. The number of hydrogen-bond acceptors (Lipinski definition) is 5. The molecule has 1 unspecified atom stereocenters. The molecule has 1 saturated heterocycles. The first-order valence-electron chi connectivity index (χ1n) is 6.61. The average molecular weight is 331 g/mol. The molecule has 1 aromatic carbocycles. The number of ether oxygens (including phenoxy) is 1. The van der Waals surface area contributed by atoms with Crippen LogP contribution in [-0.2, 0) is 24.6 Å². The molecule has 3 atom stereocenters. The quantitative estimate of drug-likeness (QED) is 0.858. The lowest BCUT2D eigenvalue weighted by Crippen LogP contribution is -2.30. The maximum absolute atomic E-state index is 12.5. The Hall–Kier alpha value is -0.960. The Morgan fingerprint density at radius 3 is 2.33 bits per heavy atom. The first kappa shape index (κ1) is 15.0. The zero-order valence-corrected chi connectivity index (χ0v) is 13.4. The van der Waals surface area contributed by atoms with Crippen molar-refractivity contribution in [3.8, 4) is 0 Å². The van der Waals surface area contributed by atoms with Crippen LogP contribution in [0.25, 0.3) is 0 Å². The van der Waals surface area contributed by atoms with Gasteiger partial charge in [0, 0.05) is 24.1 Å². The average Bonchev–Trinajstić information content (AvgIpc) is 2.82. The first-order valence-corrected chi connectivity index (χ1v) is 9.98. The Morgan fingerprint density at radius 2 is 1.76 bits per heavy atom. The second-order valence-electron chi connectivity index (χ2n) is 5.71. The van der Waals surface area contributed by atoms with Gasteiger partial charge in [0.2, 0.25) is 10.0 Å². The van der Waals surface area contributed by atoms with Crippen LogP contribution in [0.1, 0.15) is 5.56 Å². The van der Waals surface area contributed by atoms with E-state index in [9.17, 15) is 16.8 Å². The van der Waals surface area contributed by atoms with Gasteiger partial charge in [-0.2, -0.15) is 0 Å². The molecule has 2 fully saturated rings. The molecule has 116 valence electrons.